The zero-order valence-electron chi connectivity index (χ0n) is 5.67. The summed E-state index contributed by atoms with van der Waals surface area (Å²) in [7, 11) is 0.856. The van der Waals surface area contributed by atoms with E-state index in [1.54, 1.807) is 0 Å². The average Bonchev–Trinajstić information content (AvgIpc) is 1.78. The molecule has 0 amide bonds. The highest BCUT2D eigenvalue weighted by Gasteiger charge is 2.43. The highest BCUT2D eigenvalue weighted by Crippen LogP contribution is 2.42. The van der Waals surface area contributed by atoms with Gasteiger partial charge in [-0.1, -0.05) is 19.9 Å². The lowest BCUT2D eigenvalue weighted by atomic mass is 10.00. The van der Waals surface area contributed by atoms with Crippen LogP contribution in [0, 0.1) is 5.41 Å². The van der Waals surface area contributed by atoms with Crippen molar-refractivity contribution < 1.29 is 0 Å². The maximum absolute atomic E-state index is 6.07. The Morgan fingerprint density at radius 1 is 1.44 bits per heavy atom. The van der Waals surface area contributed by atoms with Gasteiger partial charge in [-0.05, 0) is 11.5 Å². The van der Waals surface area contributed by atoms with E-state index in [0.717, 1.165) is 15.1 Å². The van der Waals surface area contributed by atoms with Gasteiger partial charge in [0.2, 0.25) is 6.21 Å². The fourth-order valence-corrected chi connectivity index (χ4v) is 11.1. The van der Waals surface area contributed by atoms with E-state index in [2.05, 4.69) is 13.8 Å². The van der Waals surface area contributed by atoms with E-state index >= 15 is 0 Å². The molecule has 9 heavy (non-hydrogen) atoms. The standard InChI is InChI=1S/C5H10Cl2Si2/c1-5(2)3-8-9(6,7)4-5/h3-4H2,1-2H3. The largest absolute Gasteiger partial charge is 0.234 e. The lowest BCUT2D eigenvalue weighted by Gasteiger charge is -2.16. The zero-order chi connectivity index (χ0) is 7.12. The van der Waals surface area contributed by atoms with Crippen LogP contribution in [0.5, 0.6) is 0 Å². The topological polar surface area (TPSA) is 0 Å². The molecule has 1 saturated heterocycles. The third-order valence-corrected chi connectivity index (χ3v) is 10.4. The van der Waals surface area contributed by atoms with Gasteiger partial charge in [0.05, 0.1) is 9.04 Å². The SMILES string of the molecule is CC1(C)C[Si][Si](Cl)(Cl)C1. The fraction of sp³-hybridized carbons (Fsp3) is 1.00. The molecule has 0 unspecified atom stereocenters. The second-order valence-corrected chi connectivity index (χ2v) is 15.8. The monoisotopic (exact) mass is 196 g/mol. The Balaban J connectivity index is 2.58. The zero-order valence-corrected chi connectivity index (χ0v) is 9.18. The second-order valence-electron chi connectivity index (χ2n) is 3.40. The molecule has 0 aromatic rings. The van der Waals surface area contributed by atoms with Crippen molar-refractivity contribution in [2.24, 2.45) is 5.41 Å². The normalized spacial score (nSPS) is 30.7. The number of rotatable bonds is 0. The Labute approximate surface area is 69.0 Å². The highest BCUT2D eigenvalue weighted by atomic mass is 35.7. The fourth-order valence-electron chi connectivity index (χ4n) is 1.09. The van der Waals surface area contributed by atoms with Gasteiger partial charge in [-0.2, -0.15) is 22.2 Å². The lowest BCUT2D eigenvalue weighted by molar-refractivity contribution is 0.475. The van der Waals surface area contributed by atoms with Crippen molar-refractivity contribution in [3.8, 4) is 0 Å². The van der Waals surface area contributed by atoms with Crippen molar-refractivity contribution in [3.63, 3.8) is 0 Å². The first-order valence-corrected chi connectivity index (χ1v) is 9.48. The molecule has 0 aromatic carbocycles. The number of hydrogen-bond donors (Lipinski definition) is 0. The molecule has 0 bridgehead atoms. The molecule has 0 N–H and O–H groups in total. The molecule has 0 aromatic heterocycles. The maximum atomic E-state index is 6.07. The summed E-state index contributed by atoms with van der Waals surface area (Å²) < 4.78 is 0. The van der Waals surface area contributed by atoms with E-state index < -0.39 is 6.21 Å². The third-order valence-electron chi connectivity index (χ3n) is 1.53. The smallest absolute Gasteiger partial charge is 0.150 e. The van der Waals surface area contributed by atoms with Gasteiger partial charge in [-0.3, -0.25) is 0 Å². The van der Waals surface area contributed by atoms with Gasteiger partial charge in [0.15, 0.2) is 0 Å². The van der Waals surface area contributed by atoms with Crippen molar-refractivity contribution in [2.75, 3.05) is 0 Å². The van der Waals surface area contributed by atoms with E-state index in [1.807, 2.05) is 0 Å². The summed E-state index contributed by atoms with van der Waals surface area (Å²) in [6.07, 6.45) is -1.70. The van der Waals surface area contributed by atoms with Crippen LogP contribution in [0.3, 0.4) is 0 Å². The van der Waals surface area contributed by atoms with E-state index in [4.69, 9.17) is 22.2 Å². The molecule has 1 aliphatic heterocycles. The number of halogens is 2. The Morgan fingerprint density at radius 3 is 2.11 bits per heavy atom. The van der Waals surface area contributed by atoms with Crippen LogP contribution < -0.4 is 0 Å². The Morgan fingerprint density at radius 2 is 2.00 bits per heavy atom. The molecular formula is C5H10Cl2Si2. The Hall–Kier alpha value is 1.01. The first kappa shape index (κ1) is 8.11. The quantitative estimate of drug-likeness (QED) is 0.413. The van der Waals surface area contributed by atoms with Crippen LogP contribution in [-0.2, 0) is 0 Å². The summed E-state index contributed by atoms with van der Waals surface area (Å²) in [5.74, 6) is 0. The van der Waals surface area contributed by atoms with E-state index in [9.17, 15) is 0 Å². The van der Waals surface area contributed by atoms with Crippen LogP contribution in [0.4, 0.5) is 0 Å². The Bertz CT molecular complexity index is 108. The summed E-state index contributed by atoms with van der Waals surface area (Å²) >= 11 is 12.1. The molecule has 2 radical (unpaired) electrons. The lowest BCUT2D eigenvalue weighted by Crippen LogP contribution is -2.22. The summed E-state index contributed by atoms with van der Waals surface area (Å²) in [6.45, 7) is 4.50. The van der Waals surface area contributed by atoms with Crippen molar-refractivity contribution in [3.05, 3.63) is 0 Å². The van der Waals surface area contributed by atoms with Crippen molar-refractivity contribution >= 4 is 37.4 Å². The first-order chi connectivity index (χ1) is 3.91. The Kier molecular flexibility index (Phi) is 2.04. The van der Waals surface area contributed by atoms with Crippen LogP contribution >= 0.6 is 22.2 Å². The minimum Gasteiger partial charge on any atom is -0.150 e. The van der Waals surface area contributed by atoms with Crippen LogP contribution in [0.25, 0.3) is 0 Å². The van der Waals surface area contributed by atoms with Gasteiger partial charge < -0.3 is 0 Å². The predicted molar refractivity (Wildman–Crippen MR) is 46.6 cm³/mol. The van der Waals surface area contributed by atoms with Gasteiger partial charge in [0.1, 0.15) is 0 Å². The molecule has 0 saturated carbocycles. The average molecular weight is 197 g/mol. The van der Waals surface area contributed by atoms with Gasteiger partial charge >= 0.3 is 0 Å². The molecule has 0 atom stereocenters. The summed E-state index contributed by atoms with van der Waals surface area (Å²) in [5.41, 5.74) is 0.439. The summed E-state index contributed by atoms with van der Waals surface area (Å²) in [6, 6.07) is 2.33. The molecular weight excluding hydrogens is 187 g/mol. The van der Waals surface area contributed by atoms with E-state index in [0.29, 0.717) is 5.41 Å². The van der Waals surface area contributed by atoms with Gasteiger partial charge in [-0.25, -0.2) is 0 Å². The minimum atomic E-state index is -1.70. The minimum absolute atomic E-state index is 0.439. The van der Waals surface area contributed by atoms with Crippen LogP contribution in [0.15, 0.2) is 0 Å². The van der Waals surface area contributed by atoms with E-state index in [-0.39, 0.29) is 0 Å². The molecule has 1 fully saturated rings. The highest BCUT2D eigenvalue weighted by molar-refractivity contribution is 7.67. The van der Waals surface area contributed by atoms with Crippen LogP contribution in [0.1, 0.15) is 13.8 Å². The summed E-state index contributed by atoms with van der Waals surface area (Å²) in [4.78, 5) is 0. The molecule has 1 aliphatic rings. The van der Waals surface area contributed by atoms with Crippen molar-refractivity contribution in [2.45, 2.75) is 25.9 Å². The molecule has 1 heterocycles. The second kappa shape index (κ2) is 2.26. The first-order valence-electron chi connectivity index (χ1n) is 3.04. The predicted octanol–water partition coefficient (Wildman–Crippen LogP) is 2.57. The maximum Gasteiger partial charge on any atom is 0.234 e. The van der Waals surface area contributed by atoms with Crippen molar-refractivity contribution in [1.82, 2.24) is 0 Å². The third kappa shape index (κ3) is 2.26. The van der Waals surface area contributed by atoms with Gasteiger partial charge in [-0.15, -0.1) is 0 Å². The van der Waals surface area contributed by atoms with Gasteiger partial charge in [0.25, 0.3) is 0 Å². The van der Waals surface area contributed by atoms with Crippen LogP contribution in [0.2, 0.25) is 12.1 Å². The molecule has 1 rings (SSSR count). The summed E-state index contributed by atoms with van der Waals surface area (Å²) in [5, 5.41) is 0. The molecule has 4 heteroatoms. The van der Waals surface area contributed by atoms with E-state index in [1.165, 1.54) is 6.04 Å². The molecule has 0 aliphatic carbocycles. The molecule has 0 spiro atoms. The molecule has 52 valence electrons. The van der Waals surface area contributed by atoms with Crippen LogP contribution in [-0.4, -0.2) is 15.2 Å². The van der Waals surface area contributed by atoms with Gasteiger partial charge in [0, 0.05) is 0 Å². The molecule has 0 nitrogen and oxygen atoms in total. The van der Waals surface area contributed by atoms with Crippen molar-refractivity contribution in [1.29, 1.82) is 0 Å². The number of hydrogen-bond acceptors (Lipinski definition) is 0.